The van der Waals surface area contributed by atoms with E-state index in [-0.39, 0.29) is 0 Å². The molecule has 1 fully saturated rings. The van der Waals surface area contributed by atoms with Gasteiger partial charge in [0.1, 0.15) is 0 Å². The van der Waals surface area contributed by atoms with Gasteiger partial charge in [-0.05, 0) is 19.8 Å². The molecular formula is C15H26N4O. The number of aromatic nitrogens is 2. The van der Waals surface area contributed by atoms with Gasteiger partial charge in [0, 0.05) is 44.0 Å². The molecule has 0 aromatic carbocycles. The summed E-state index contributed by atoms with van der Waals surface area (Å²) in [4.78, 5) is 13.8. The van der Waals surface area contributed by atoms with Crippen LogP contribution < -0.4 is 9.64 Å². The summed E-state index contributed by atoms with van der Waals surface area (Å²) < 4.78 is 5.41. The summed E-state index contributed by atoms with van der Waals surface area (Å²) in [5.74, 6) is 1.86. The average molecular weight is 278 g/mol. The van der Waals surface area contributed by atoms with Crippen molar-refractivity contribution >= 4 is 5.95 Å². The SMILES string of the molecule is COc1nc(N2CCN(C(C)C)CC2)ncc1C(C)C. The van der Waals surface area contributed by atoms with E-state index in [1.54, 1.807) is 7.11 Å². The van der Waals surface area contributed by atoms with Crippen LogP contribution in [0.4, 0.5) is 5.95 Å². The smallest absolute Gasteiger partial charge is 0.228 e. The van der Waals surface area contributed by atoms with Crippen LogP contribution in [0.1, 0.15) is 39.2 Å². The van der Waals surface area contributed by atoms with Crippen molar-refractivity contribution in [1.82, 2.24) is 14.9 Å². The predicted molar refractivity (Wildman–Crippen MR) is 81.6 cm³/mol. The summed E-state index contributed by atoms with van der Waals surface area (Å²) in [5, 5.41) is 0. The highest BCUT2D eigenvalue weighted by molar-refractivity contribution is 5.38. The highest BCUT2D eigenvalue weighted by atomic mass is 16.5. The third-order valence-corrected chi connectivity index (χ3v) is 3.91. The van der Waals surface area contributed by atoms with Crippen LogP contribution in [0.5, 0.6) is 5.88 Å². The Balaban J connectivity index is 2.10. The van der Waals surface area contributed by atoms with Gasteiger partial charge >= 0.3 is 0 Å². The van der Waals surface area contributed by atoms with Crippen LogP contribution in [0.15, 0.2) is 6.20 Å². The molecule has 0 bridgehead atoms. The first-order valence-electron chi connectivity index (χ1n) is 7.42. The van der Waals surface area contributed by atoms with Crippen LogP contribution in [0, 0.1) is 0 Å². The van der Waals surface area contributed by atoms with Gasteiger partial charge in [-0.15, -0.1) is 0 Å². The van der Waals surface area contributed by atoms with Gasteiger partial charge in [0.05, 0.1) is 7.11 Å². The van der Waals surface area contributed by atoms with Crippen LogP contribution in [-0.4, -0.2) is 54.2 Å². The molecule has 2 heterocycles. The van der Waals surface area contributed by atoms with Crippen molar-refractivity contribution in [3.8, 4) is 5.88 Å². The largest absolute Gasteiger partial charge is 0.481 e. The predicted octanol–water partition coefficient (Wildman–Crippen LogP) is 2.14. The fraction of sp³-hybridized carbons (Fsp3) is 0.733. The summed E-state index contributed by atoms with van der Waals surface area (Å²) in [6.07, 6.45) is 1.90. The van der Waals surface area contributed by atoms with E-state index in [1.165, 1.54) is 0 Å². The van der Waals surface area contributed by atoms with E-state index in [0.717, 1.165) is 37.7 Å². The second-order valence-corrected chi connectivity index (χ2v) is 5.91. The zero-order valence-electron chi connectivity index (χ0n) is 13.3. The quantitative estimate of drug-likeness (QED) is 0.844. The summed E-state index contributed by atoms with van der Waals surface area (Å²) >= 11 is 0. The van der Waals surface area contributed by atoms with Gasteiger partial charge in [-0.2, -0.15) is 4.98 Å². The maximum atomic E-state index is 5.41. The zero-order chi connectivity index (χ0) is 14.7. The molecule has 0 aliphatic carbocycles. The summed E-state index contributed by atoms with van der Waals surface area (Å²) in [6, 6.07) is 0.607. The summed E-state index contributed by atoms with van der Waals surface area (Å²) in [5.41, 5.74) is 1.07. The molecule has 1 aromatic rings. The van der Waals surface area contributed by atoms with Crippen molar-refractivity contribution in [2.75, 3.05) is 38.2 Å². The Morgan fingerprint density at radius 2 is 1.75 bits per heavy atom. The summed E-state index contributed by atoms with van der Waals surface area (Å²) in [7, 11) is 1.68. The number of piperazine rings is 1. The van der Waals surface area contributed by atoms with Crippen molar-refractivity contribution in [2.24, 2.45) is 0 Å². The topological polar surface area (TPSA) is 41.5 Å². The minimum absolute atomic E-state index is 0.372. The second kappa shape index (κ2) is 6.39. The molecular weight excluding hydrogens is 252 g/mol. The van der Waals surface area contributed by atoms with E-state index in [0.29, 0.717) is 17.8 Å². The minimum Gasteiger partial charge on any atom is -0.481 e. The van der Waals surface area contributed by atoms with E-state index < -0.39 is 0 Å². The number of nitrogens with zero attached hydrogens (tertiary/aromatic N) is 4. The highest BCUT2D eigenvalue weighted by Gasteiger charge is 2.21. The molecule has 1 aliphatic rings. The maximum absolute atomic E-state index is 5.41. The van der Waals surface area contributed by atoms with E-state index in [2.05, 4.69) is 47.5 Å². The van der Waals surface area contributed by atoms with E-state index in [1.807, 2.05) is 6.20 Å². The van der Waals surface area contributed by atoms with Crippen molar-refractivity contribution in [2.45, 2.75) is 39.7 Å². The van der Waals surface area contributed by atoms with Crippen molar-refractivity contribution < 1.29 is 4.74 Å². The standard InChI is InChI=1S/C15H26N4O/c1-11(2)13-10-16-15(17-14(13)20-5)19-8-6-18(7-9-19)12(3)4/h10-12H,6-9H2,1-5H3. The molecule has 0 amide bonds. The Kier molecular flexibility index (Phi) is 4.81. The molecule has 5 heteroatoms. The lowest BCUT2D eigenvalue weighted by Gasteiger charge is -2.37. The van der Waals surface area contributed by atoms with Gasteiger partial charge in [0.15, 0.2) is 0 Å². The van der Waals surface area contributed by atoms with Crippen molar-refractivity contribution in [1.29, 1.82) is 0 Å². The third kappa shape index (κ3) is 3.20. The van der Waals surface area contributed by atoms with E-state index in [4.69, 9.17) is 4.74 Å². The fourth-order valence-electron chi connectivity index (χ4n) is 2.52. The molecule has 0 radical (unpaired) electrons. The van der Waals surface area contributed by atoms with Crippen molar-refractivity contribution in [3.05, 3.63) is 11.8 Å². The number of anilines is 1. The van der Waals surface area contributed by atoms with Crippen molar-refractivity contribution in [3.63, 3.8) is 0 Å². The maximum Gasteiger partial charge on any atom is 0.228 e. The number of methoxy groups -OCH3 is 1. The van der Waals surface area contributed by atoms with Crippen LogP contribution in [0.3, 0.4) is 0 Å². The Labute approximate surface area is 122 Å². The molecule has 20 heavy (non-hydrogen) atoms. The first kappa shape index (κ1) is 15.0. The van der Waals surface area contributed by atoms with Gasteiger partial charge in [0.25, 0.3) is 0 Å². The fourth-order valence-corrected chi connectivity index (χ4v) is 2.52. The van der Waals surface area contributed by atoms with E-state index >= 15 is 0 Å². The Bertz CT molecular complexity index is 439. The number of hydrogen-bond acceptors (Lipinski definition) is 5. The molecule has 0 unspecified atom stereocenters. The van der Waals surface area contributed by atoms with Gasteiger partial charge in [-0.3, -0.25) is 4.90 Å². The van der Waals surface area contributed by atoms with Gasteiger partial charge < -0.3 is 9.64 Å². The Morgan fingerprint density at radius 3 is 2.25 bits per heavy atom. The van der Waals surface area contributed by atoms with Crippen LogP contribution in [0.2, 0.25) is 0 Å². The van der Waals surface area contributed by atoms with Gasteiger partial charge in [-0.25, -0.2) is 4.98 Å². The van der Waals surface area contributed by atoms with Gasteiger partial charge in [0.2, 0.25) is 11.8 Å². The molecule has 0 saturated carbocycles. The lowest BCUT2D eigenvalue weighted by atomic mass is 10.1. The molecule has 1 aliphatic heterocycles. The first-order valence-corrected chi connectivity index (χ1v) is 7.42. The van der Waals surface area contributed by atoms with Crippen LogP contribution in [-0.2, 0) is 0 Å². The zero-order valence-corrected chi connectivity index (χ0v) is 13.3. The normalized spacial score (nSPS) is 17.1. The van der Waals surface area contributed by atoms with Gasteiger partial charge in [-0.1, -0.05) is 13.8 Å². The number of hydrogen-bond donors (Lipinski definition) is 0. The second-order valence-electron chi connectivity index (χ2n) is 5.91. The third-order valence-electron chi connectivity index (χ3n) is 3.91. The Hall–Kier alpha value is -1.36. The Morgan fingerprint density at radius 1 is 1.10 bits per heavy atom. The number of ether oxygens (including phenoxy) is 1. The molecule has 0 spiro atoms. The van der Waals surface area contributed by atoms with E-state index in [9.17, 15) is 0 Å². The molecule has 2 rings (SSSR count). The first-order chi connectivity index (χ1) is 9.52. The summed E-state index contributed by atoms with van der Waals surface area (Å²) in [6.45, 7) is 12.8. The molecule has 1 aromatic heterocycles. The minimum atomic E-state index is 0.372. The molecule has 112 valence electrons. The molecule has 1 saturated heterocycles. The highest BCUT2D eigenvalue weighted by Crippen LogP contribution is 2.25. The molecule has 5 nitrogen and oxygen atoms in total. The monoisotopic (exact) mass is 278 g/mol. The molecule has 0 N–H and O–H groups in total. The van der Waals surface area contributed by atoms with Crippen LogP contribution in [0.25, 0.3) is 0 Å². The molecule has 0 atom stereocenters. The average Bonchev–Trinajstić information content (AvgIpc) is 2.46. The number of rotatable bonds is 4. The van der Waals surface area contributed by atoms with Crippen LogP contribution >= 0.6 is 0 Å². The lowest BCUT2D eigenvalue weighted by Crippen LogP contribution is -2.49. The lowest BCUT2D eigenvalue weighted by molar-refractivity contribution is 0.208.